The number of rotatable bonds is 10. The molecule has 0 bridgehead atoms. The van der Waals surface area contributed by atoms with Crippen molar-refractivity contribution in [1.82, 2.24) is 10.6 Å². The first-order valence-electron chi connectivity index (χ1n) is 12.1. The Kier molecular flexibility index (Phi) is 8.98. The molecule has 1 aliphatic carbocycles. The van der Waals surface area contributed by atoms with Gasteiger partial charge in [0.25, 0.3) is 0 Å². The highest BCUT2D eigenvalue weighted by Gasteiger charge is 2.26. The topological polar surface area (TPSA) is 61.4 Å². The molecule has 1 amide bonds. The molecule has 1 unspecified atom stereocenters. The number of hydrogen-bond donors (Lipinski definition) is 3. The number of carbonyl (C=O) groups is 1. The summed E-state index contributed by atoms with van der Waals surface area (Å²) in [7, 11) is 0. The lowest BCUT2D eigenvalue weighted by molar-refractivity contribution is -0.120. The first-order chi connectivity index (χ1) is 15.8. The number of amides is 1. The van der Waals surface area contributed by atoms with Crippen LogP contribution in [0, 0.1) is 11.6 Å². The molecule has 0 saturated carbocycles. The minimum atomic E-state index is -0.907. The zero-order chi connectivity index (χ0) is 24.0. The van der Waals surface area contributed by atoms with Gasteiger partial charge in [0.05, 0.1) is 12.1 Å². The first-order valence-corrected chi connectivity index (χ1v) is 12.1. The number of aliphatic hydroxyl groups is 1. The number of hydrogen-bond acceptors (Lipinski definition) is 3. The number of nitrogens with one attached hydrogen (secondary N) is 2. The quantitative estimate of drug-likeness (QED) is 0.489. The van der Waals surface area contributed by atoms with Gasteiger partial charge in [-0.3, -0.25) is 4.79 Å². The van der Waals surface area contributed by atoms with Crippen molar-refractivity contribution in [1.29, 1.82) is 0 Å². The van der Waals surface area contributed by atoms with Crippen LogP contribution in [0.25, 0.3) is 0 Å². The van der Waals surface area contributed by atoms with Crippen LogP contribution in [0.2, 0.25) is 0 Å². The van der Waals surface area contributed by atoms with Gasteiger partial charge in [0.2, 0.25) is 5.91 Å². The van der Waals surface area contributed by atoms with E-state index in [9.17, 15) is 18.7 Å². The number of aliphatic hydroxyl groups excluding tert-OH is 1. The Hall–Kier alpha value is -2.31. The van der Waals surface area contributed by atoms with Gasteiger partial charge >= 0.3 is 0 Å². The van der Waals surface area contributed by atoms with E-state index in [1.165, 1.54) is 41.3 Å². The summed E-state index contributed by atoms with van der Waals surface area (Å²) in [5, 5.41) is 17.2. The predicted octanol–water partition coefficient (Wildman–Crippen LogP) is 4.56. The maximum absolute atomic E-state index is 13.6. The molecular weight excluding hydrogens is 422 g/mol. The van der Waals surface area contributed by atoms with Gasteiger partial charge in [-0.1, -0.05) is 32.4 Å². The summed E-state index contributed by atoms with van der Waals surface area (Å²) in [6, 6.07) is 7.39. The molecular formula is C27H36F2N2O2. The molecule has 2 aromatic carbocycles. The molecule has 33 heavy (non-hydrogen) atoms. The third-order valence-corrected chi connectivity index (χ3v) is 6.46. The van der Waals surface area contributed by atoms with Crippen LogP contribution in [0.4, 0.5) is 8.78 Å². The highest BCUT2D eigenvalue weighted by Crippen LogP contribution is 2.34. The van der Waals surface area contributed by atoms with Crippen LogP contribution in [-0.4, -0.2) is 29.7 Å². The molecule has 3 atom stereocenters. The average molecular weight is 459 g/mol. The van der Waals surface area contributed by atoms with Crippen LogP contribution in [0.5, 0.6) is 0 Å². The van der Waals surface area contributed by atoms with Crippen LogP contribution in [-0.2, 0) is 30.5 Å². The van der Waals surface area contributed by atoms with E-state index in [4.69, 9.17) is 0 Å². The van der Waals surface area contributed by atoms with E-state index in [1.807, 2.05) is 0 Å². The molecule has 0 fully saturated rings. The summed E-state index contributed by atoms with van der Waals surface area (Å²) < 4.78 is 27.2. The lowest BCUT2D eigenvalue weighted by Gasteiger charge is -2.31. The van der Waals surface area contributed by atoms with Gasteiger partial charge in [0.15, 0.2) is 0 Å². The van der Waals surface area contributed by atoms with Crippen LogP contribution >= 0.6 is 0 Å². The fourth-order valence-electron chi connectivity index (χ4n) is 4.92. The minimum absolute atomic E-state index is 0.134. The summed E-state index contributed by atoms with van der Waals surface area (Å²) >= 11 is 0. The number of aryl methyl sites for hydroxylation is 2. The van der Waals surface area contributed by atoms with Crippen LogP contribution in [0.3, 0.4) is 0 Å². The van der Waals surface area contributed by atoms with E-state index in [1.54, 1.807) is 0 Å². The van der Waals surface area contributed by atoms with Crippen molar-refractivity contribution in [2.45, 2.75) is 83.9 Å². The summed E-state index contributed by atoms with van der Waals surface area (Å²) in [6.45, 7) is 6.01. The molecule has 0 aromatic heterocycles. The standard InChI is InChI=1S/C27H36F2N2O2/c1-4-7-20-10-18(5-2)13-24-23(20)8-6-9-25(24)30-16-27(33)26(31-17(3)32)14-19-11-21(28)15-22(29)12-19/h10-13,15,25-27,30,33H,4-9,14,16H2,1-3H3,(H,31,32)/t25-,26?,27+/m0/s1. The van der Waals surface area contributed by atoms with Gasteiger partial charge in [-0.05, 0) is 78.5 Å². The van der Waals surface area contributed by atoms with Gasteiger partial charge in [-0.15, -0.1) is 0 Å². The molecule has 0 heterocycles. The largest absolute Gasteiger partial charge is 0.390 e. The van der Waals surface area contributed by atoms with Gasteiger partial charge < -0.3 is 15.7 Å². The number of halogens is 2. The molecule has 2 aromatic rings. The Labute approximate surface area is 195 Å². The minimum Gasteiger partial charge on any atom is -0.390 e. The lowest BCUT2D eigenvalue weighted by Crippen LogP contribution is -2.48. The van der Waals surface area contributed by atoms with E-state index in [2.05, 4.69) is 36.6 Å². The van der Waals surface area contributed by atoms with Crippen molar-refractivity contribution in [2.24, 2.45) is 0 Å². The molecule has 3 rings (SSSR count). The molecule has 0 saturated heterocycles. The Balaban J connectivity index is 1.74. The zero-order valence-corrected chi connectivity index (χ0v) is 19.9. The van der Waals surface area contributed by atoms with Crippen molar-refractivity contribution in [3.63, 3.8) is 0 Å². The summed E-state index contributed by atoms with van der Waals surface area (Å²) in [4.78, 5) is 11.7. The molecule has 180 valence electrons. The van der Waals surface area contributed by atoms with E-state index >= 15 is 0 Å². The number of fused-ring (bicyclic) bond motifs is 1. The molecule has 0 spiro atoms. The Morgan fingerprint density at radius 1 is 1.12 bits per heavy atom. The molecule has 3 N–H and O–H groups in total. The predicted molar refractivity (Wildman–Crippen MR) is 127 cm³/mol. The lowest BCUT2D eigenvalue weighted by atomic mass is 9.82. The molecule has 4 nitrogen and oxygen atoms in total. The van der Waals surface area contributed by atoms with E-state index < -0.39 is 23.8 Å². The number of benzene rings is 2. The molecule has 0 radical (unpaired) electrons. The van der Waals surface area contributed by atoms with E-state index in [0.29, 0.717) is 5.56 Å². The second kappa shape index (κ2) is 11.7. The molecule has 0 aliphatic heterocycles. The van der Waals surface area contributed by atoms with E-state index in [-0.39, 0.29) is 24.9 Å². The smallest absolute Gasteiger partial charge is 0.217 e. The highest BCUT2D eigenvalue weighted by atomic mass is 19.1. The third kappa shape index (κ3) is 6.84. The van der Waals surface area contributed by atoms with Crippen LogP contribution < -0.4 is 10.6 Å². The van der Waals surface area contributed by atoms with Crippen molar-refractivity contribution in [2.75, 3.05) is 6.54 Å². The van der Waals surface area contributed by atoms with Gasteiger partial charge in [-0.25, -0.2) is 8.78 Å². The molecule has 1 aliphatic rings. The van der Waals surface area contributed by atoms with Crippen LogP contribution in [0.1, 0.15) is 73.9 Å². The average Bonchev–Trinajstić information content (AvgIpc) is 2.76. The van der Waals surface area contributed by atoms with Crippen molar-refractivity contribution in [3.05, 3.63) is 69.8 Å². The van der Waals surface area contributed by atoms with Gasteiger partial charge in [0.1, 0.15) is 11.6 Å². The van der Waals surface area contributed by atoms with Crippen molar-refractivity contribution >= 4 is 5.91 Å². The fourth-order valence-corrected chi connectivity index (χ4v) is 4.92. The maximum atomic E-state index is 13.6. The normalized spacial score (nSPS) is 17.3. The SMILES string of the molecule is CCCc1cc(CC)cc2c1CCC[C@@H]2NC[C@@H](O)C(Cc1cc(F)cc(F)c1)NC(C)=O. The van der Waals surface area contributed by atoms with Crippen molar-refractivity contribution in [3.8, 4) is 0 Å². The van der Waals surface area contributed by atoms with E-state index in [0.717, 1.165) is 44.6 Å². The summed E-state index contributed by atoms with van der Waals surface area (Å²) in [6.07, 6.45) is 5.53. The maximum Gasteiger partial charge on any atom is 0.217 e. The van der Waals surface area contributed by atoms with Crippen LogP contribution in [0.15, 0.2) is 30.3 Å². The Morgan fingerprint density at radius 3 is 2.48 bits per heavy atom. The van der Waals surface area contributed by atoms with Gasteiger partial charge in [-0.2, -0.15) is 0 Å². The summed E-state index contributed by atoms with van der Waals surface area (Å²) in [5.74, 6) is -1.64. The zero-order valence-electron chi connectivity index (χ0n) is 19.9. The highest BCUT2D eigenvalue weighted by molar-refractivity contribution is 5.73. The Morgan fingerprint density at radius 2 is 1.85 bits per heavy atom. The fraction of sp³-hybridized carbons (Fsp3) is 0.519. The van der Waals surface area contributed by atoms with Gasteiger partial charge in [0, 0.05) is 25.6 Å². The second-order valence-corrected chi connectivity index (χ2v) is 9.14. The first kappa shape index (κ1) is 25.3. The monoisotopic (exact) mass is 458 g/mol. The van der Waals surface area contributed by atoms with Crippen molar-refractivity contribution < 1.29 is 18.7 Å². The second-order valence-electron chi connectivity index (χ2n) is 9.14. The summed E-state index contributed by atoms with van der Waals surface area (Å²) in [5.41, 5.74) is 5.91. The number of carbonyl (C=O) groups excluding carboxylic acids is 1. The third-order valence-electron chi connectivity index (χ3n) is 6.46. The molecule has 6 heteroatoms. The Bertz CT molecular complexity index is 943.